The van der Waals surface area contributed by atoms with E-state index in [2.05, 4.69) is 12.2 Å². The van der Waals surface area contributed by atoms with Crippen LogP contribution in [-0.2, 0) is 0 Å². The molecule has 0 aromatic carbocycles. The third-order valence-electron chi connectivity index (χ3n) is 4.46. The van der Waals surface area contributed by atoms with Crippen LogP contribution in [0.15, 0.2) is 0 Å². The first-order chi connectivity index (χ1) is 7.36. The summed E-state index contributed by atoms with van der Waals surface area (Å²) in [6.07, 6.45) is 14.6. The Hall–Kier alpha value is 0.250. The lowest BCUT2D eigenvalue weighted by atomic mass is 9.83. The van der Waals surface area contributed by atoms with Gasteiger partial charge in [-0.3, -0.25) is 0 Å². The molecule has 16 heavy (non-hydrogen) atoms. The summed E-state index contributed by atoms with van der Waals surface area (Å²) in [5.74, 6) is 0.973. The van der Waals surface area contributed by atoms with Crippen LogP contribution < -0.4 is 5.32 Å². The van der Waals surface area contributed by atoms with E-state index in [-0.39, 0.29) is 12.4 Å². The highest BCUT2D eigenvalue weighted by atomic mass is 35.5. The fourth-order valence-corrected chi connectivity index (χ4v) is 3.41. The topological polar surface area (TPSA) is 12.0 Å². The zero-order valence-electron chi connectivity index (χ0n) is 10.7. The summed E-state index contributed by atoms with van der Waals surface area (Å²) in [6.45, 7) is 2.42. The zero-order chi connectivity index (χ0) is 10.5. The minimum Gasteiger partial charge on any atom is -0.311 e. The third-order valence-corrected chi connectivity index (χ3v) is 4.46. The molecule has 96 valence electrons. The smallest absolute Gasteiger partial charge is 0.00696 e. The summed E-state index contributed by atoms with van der Waals surface area (Å²) < 4.78 is 0. The molecule has 2 aliphatic carbocycles. The lowest BCUT2D eigenvalue weighted by molar-refractivity contribution is 0.243. The molecule has 0 amide bonds. The molecule has 0 heterocycles. The fraction of sp³-hybridized carbons (Fsp3) is 1.00. The number of nitrogens with one attached hydrogen (secondary N) is 1. The lowest BCUT2D eigenvalue weighted by Gasteiger charge is -2.33. The maximum Gasteiger partial charge on any atom is 0.00696 e. The molecule has 0 radical (unpaired) electrons. The van der Waals surface area contributed by atoms with Crippen molar-refractivity contribution in [3.05, 3.63) is 0 Å². The molecule has 1 atom stereocenters. The molecule has 2 heteroatoms. The van der Waals surface area contributed by atoms with Gasteiger partial charge < -0.3 is 5.32 Å². The van der Waals surface area contributed by atoms with Gasteiger partial charge in [-0.25, -0.2) is 0 Å². The van der Waals surface area contributed by atoms with Crippen molar-refractivity contribution in [2.45, 2.75) is 83.2 Å². The maximum atomic E-state index is 3.89. The molecule has 2 fully saturated rings. The van der Waals surface area contributed by atoms with Crippen molar-refractivity contribution < 1.29 is 0 Å². The van der Waals surface area contributed by atoms with Crippen LogP contribution in [0.5, 0.6) is 0 Å². The highest BCUT2D eigenvalue weighted by Gasteiger charge is 2.22. The Labute approximate surface area is 107 Å². The van der Waals surface area contributed by atoms with Gasteiger partial charge >= 0.3 is 0 Å². The predicted octanol–water partition coefficient (Wildman–Crippen LogP) is 4.30. The Bertz CT molecular complexity index is 172. The summed E-state index contributed by atoms with van der Waals surface area (Å²) in [5.41, 5.74) is 0. The van der Waals surface area contributed by atoms with Gasteiger partial charge in [-0.15, -0.1) is 12.4 Å². The van der Waals surface area contributed by atoms with E-state index in [4.69, 9.17) is 0 Å². The number of hydrogen-bond donors (Lipinski definition) is 1. The molecule has 2 saturated carbocycles. The van der Waals surface area contributed by atoms with E-state index in [9.17, 15) is 0 Å². The van der Waals surface area contributed by atoms with E-state index < -0.39 is 0 Å². The van der Waals surface area contributed by atoms with Crippen LogP contribution >= 0.6 is 12.4 Å². The molecule has 0 aliphatic heterocycles. The second-order valence-electron chi connectivity index (χ2n) is 5.69. The normalized spacial score (nSPS) is 26.1. The highest BCUT2D eigenvalue weighted by molar-refractivity contribution is 5.85. The average Bonchev–Trinajstić information content (AvgIpc) is 2.31. The SMILES string of the molecule is CC(NC1CCCCC1)C1CCCCC1.Cl. The minimum absolute atomic E-state index is 0. The summed E-state index contributed by atoms with van der Waals surface area (Å²) in [6, 6.07) is 1.61. The molecular formula is C14H28ClN. The van der Waals surface area contributed by atoms with Crippen molar-refractivity contribution >= 4 is 12.4 Å². The Balaban J connectivity index is 0.00000128. The van der Waals surface area contributed by atoms with Crippen molar-refractivity contribution in [2.75, 3.05) is 0 Å². The number of hydrogen-bond acceptors (Lipinski definition) is 1. The van der Waals surface area contributed by atoms with Gasteiger partial charge in [0.05, 0.1) is 0 Å². The van der Waals surface area contributed by atoms with E-state index in [0.29, 0.717) is 0 Å². The van der Waals surface area contributed by atoms with Gasteiger partial charge in [0.1, 0.15) is 0 Å². The van der Waals surface area contributed by atoms with E-state index in [1.807, 2.05) is 0 Å². The van der Waals surface area contributed by atoms with Crippen molar-refractivity contribution in [1.82, 2.24) is 5.32 Å². The standard InChI is InChI=1S/C14H27N.ClH/c1-12(13-8-4-2-5-9-13)15-14-10-6-3-7-11-14;/h12-15H,2-11H2,1H3;1H. The molecule has 1 nitrogen and oxygen atoms in total. The van der Waals surface area contributed by atoms with Crippen molar-refractivity contribution in [3.63, 3.8) is 0 Å². The Kier molecular flexibility index (Phi) is 6.75. The fourth-order valence-electron chi connectivity index (χ4n) is 3.41. The van der Waals surface area contributed by atoms with Crippen molar-refractivity contribution in [2.24, 2.45) is 5.92 Å². The third kappa shape index (κ3) is 4.25. The van der Waals surface area contributed by atoms with Crippen molar-refractivity contribution in [1.29, 1.82) is 0 Å². The molecule has 0 aromatic rings. The Morgan fingerprint density at radius 3 is 1.88 bits per heavy atom. The molecular weight excluding hydrogens is 218 g/mol. The van der Waals surface area contributed by atoms with Gasteiger partial charge in [0.15, 0.2) is 0 Å². The molecule has 0 aromatic heterocycles. The lowest BCUT2D eigenvalue weighted by Crippen LogP contribution is -2.42. The second kappa shape index (κ2) is 7.55. The van der Waals surface area contributed by atoms with Crippen molar-refractivity contribution in [3.8, 4) is 0 Å². The van der Waals surface area contributed by atoms with E-state index in [0.717, 1.165) is 18.0 Å². The molecule has 2 aliphatic rings. The summed E-state index contributed by atoms with van der Waals surface area (Å²) in [5, 5.41) is 3.89. The van der Waals surface area contributed by atoms with E-state index in [1.54, 1.807) is 0 Å². The van der Waals surface area contributed by atoms with Crippen LogP contribution in [0.4, 0.5) is 0 Å². The largest absolute Gasteiger partial charge is 0.311 e. The highest BCUT2D eigenvalue weighted by Crippen LogP contribution is 2.27. The molecule has 0 spiro atoms. The van der Waals surface area contributed by atoms with Gasteiger partial charge in [-0.1, -0.05) is 38.5 Å². The van der Waals surface area contributed by atoms with Gasteiger partial charge in [-0.05, 0) is 38.5 Å². The Morgan fingerprint density at radius 1 is 0.812 bits per heavy atom. The molecule has 2 rings (SSSR count). The van der Waals surface area contributed by atoms with Gasteiger partial charge in [0.2, 0.25) is 0 Å². The van der Waals surface area contributed by atoms with Crippen LogP contribution in [-0.4, -0.2) is 12.1 Å². The van der Waals surface area contributed by atoms with Crippen LogP contribution in [0, 0.1) is 5.92 Å². The summed E-state index contributed by atoms with van der Waals surface area (Å²) in [7, 11) is 0. The second-order valence-corrected chi connectivity index (χ2v) is 5.69. The molecule has 1 N–H and O–H groups in total. The van der Waals surface area contributed by atoms with Gasteiger partial charge in [0, 0.05) is 12.1 Å². The number of halogens is 1. The molecule has 0 saturated heterocycles. The first-order valence-corrected chi connectivity index (χ1v) is 7.12. The summed E-state index contributed by atoms with van der Waals surface area (Å²) >= 11 is 0. The van der Waals surface area contributed by atoms with Gasteiger partial charge in [0.25, 0.3) is 0 Å². The van der Waals surface area contributed by atoms with Gasteiger partial charge in [-0.2, -0.15) is 0 Å². The number of rotatable bonds is 3. The average molecular weight is 246 g/mol. The minimum atomic E-state index is 0. The molecule has 1 unspecified atom stereocenters. The van der Waals surface area contributed by atoms with Crippen LogP contribution in [0.2, 0.25) is 0 Å². The maximum absolute atomic E-state index is 3.89. The first kappa shape index (κ1) is 14.3. The van der Waals surface area contributed by atoms with E-state index in [1.165, 1.54) is 64.2 Å². The summed E-state index contributed by atoms with van der Waals surface area (Å²) in [4.78, 5) is 0. The monoisotopic (exact) mass is 245 g/mol. The van der Waals surface area contributed by atoms with Crippen LogP contribution in [0.3, 0.4) is 0 Å². The molecule has 0 bridgehead atoms. The first-order valence-electron chi connectivity index (χ1n) is 7.12. The zero-order valence-corrected chi connectivity index (χ0v) is 11.5. The van der Waals surface area contributed by atoms with Crippen LogP contribution in [0.1, 0.15) is 71.1 Å². The predicted molar refractivity (Wildman–Crippen MR) is 73.3 cm³/mol. The Morgan fingerprint density at radius 2 is 1.31 bits per heavy atom. The quantitative estimate of drug-likeness (QED) is 0.782. The van der Waals surface area contributed by atoms with Crippen LogP contribution in [0.25, 0.3) is 0 Å². The van der Waals surface area contributed by atoms with E-state index >= 15 is 0 Å².